The van der Waals surface area contributed by atoms with E-state index in [1.54, 1.807) is 18.2 Å². The summed E-state index contributed by atoms with van der Waals surface area (Å²) in [6.07, 6.45) is 8.96. The Labute approximate surface area is 120 Å². The minimum absolute atomic E-state index is 0.627. The molecule has 1 rings (SSSR count). The topological polar surface area (TPSA) is 9.23 Å². The molecule has 0 saturated carbocycles. The third-order valence-electron chi connectivity index (χ3n) is 2.90. The molecule has 0 radical (unpaired) electrons. The molecule has 0 atom stereocenters. The summed E-state index contributed by atoms with van der Waals surface area (Å²) in [5.74, 6) is 0.690. The molecule has 0 aliphatic rings. The van der Waals surface area contributed by atoms with Gasteiger partial charge in [0.1, 0.15) is 5.75 Å². The lowest BCUT2D eigenvalue weighted by Crippen LogP contribution is -1.97. The van der Waals surface area contributed by atoms with Crippen LogP contribution in [0.15, 0.2) is 18.2 Å². The summed E-state index contributed by atoms with van der Waals surface area (Å²) in [5.41, 5.74) is 0. The van der Waals surface area contributed by atoms with Crippen molar-refractivity contribution >= 4 is 23.2 Å². The Hall–Kier alpha value is -0.400. The van der Waals surface area contributed by atoms with E-state index in [4.69, 9.17) is 27.9 Å². The molecule has 0 amide bonds. The van der Waals surface area contributed by atoms with Gasteiger partial charge < -0.3 is 4.74 Å². The Bertz CT molecular complexity index is 339. The van der Waals surface area contributed by atoms with Crippen molar-refractivity contribution in [2.45, 2.75) is 51.9 Å². The van der Waals surface area contributed by atoms with Gasteiger partial charge in [-0.15, -0.1) is 0 Å². The van der Waals surface area contributed by atoms with E-state index in [-0.39, 0.29) is 0 Å². The van der Waals surface area contributed by atoms with Crippen LogP contribution in [0, 0.1) is 0 Å². The first-order chi connectivity index (χ1) is 8.74. The largest absolute Gasteiger partial charge is 0.492 e. The highest BCUT2D eigenvalue weighted by Crippen LogP contribution is 2.27. The van der Waals surface area contributed by atoms with Crippen LogP contribution in [0.1, 0.15) is 51.9 Å². The third-order valence-corrected chi connectivity index (χ3v) is 3.45. The summed E-state index contributed by atoms with van der Waals surface area (Å²) in [4.78, 5) is 0. The number of hydrogen-bond donors (Lipinski definition) is 0. The Morgan fingerprint density at radius 1 is 0.944 bits per heavy atom. The molecule has 1 aromatic carbocycles. The highest BCUT2D eigenvalue weighted by Gasteiger charge is 2.02. The van der Waals surface area contributed by atoms with E-state index in [9.17, 15) is 0 Å². The predicted molar refractivity (Wildman–Crippen MR) is 80.0 cm³/mol. The van der Waals surface area contributed by atoms with Crippen LogP contribution in [-0.2, 0) is 0 Å². The van der Waals surface area contributed by atoms with E-state index in [0.717, 1.165) is 6.42 Å². The zero-order chi connectivity index (χ0) is 13.2. The summed E-state index contributed by atoms with van der Waals surface area (Å²) in [6, 6.07) is 5.31. The van der Waals surface area contributed by atoms with Gasteiger partial charge in [-0.1, -0.05) is 68.7 Å². The molecule has 0 heterocycles. The molecule has 0 bridgehead atoms. The van der Waals surface area contributed by atoms with E-state index in [1.165, 1.54) is 38.5 Å². The van der Waals surface area contributed by atoms with Crippen molar-refractivity contribution in [1.29, 1.82) is 0 Å². The fraction of sp³-hybridized carbons (Fsp3) is 0.600. The van der Waals surface area contributed by atoms with Crippen molar-refractivity contribution in [3.63, 3.8) is 0 Å². The van der Waals surface area contributed by atoms with Gasteiger partial charge in [-0.3, -0.25) is 0 Å². The summed E-state index contributed by atoms with van der Waals surface area (Å²) >= 11 is 11.9. The Balaban J connectivity index is 2.09. The zero-order valence-electron chi connectivity index (χ0n) is 11.1. The molecule has 0 aliphatic carbocycles. The predicted octanol–water partition coefficient (Wildman–Crippen LogP) is 6.12. The van der Waals surface area contributed by atoms with Crippen LogP contribution in [0.5, 0.6) is 5.75 Å². The molecule has 1 aromatic rings. The van der Waals surface area contributed by atoms with E-state index in [2.05, 4.69) is 6.92 Å². The normalized spacial score (nSPS) is 10.6. The van der Waals surface area contributed by atoms with Crippen molar-refractivity contribution in [3.8, 4) is 5.75 Å². The molecule has 0 fully saturated rings. The Morgan fingerprint density at radius 2 is 1.61 bits per heavy atom. The van der Waals surface area contributed by atoms with Crippen LogP contribution in [0.25, 0.3) is 0 Å². The van der Waals surface area contributed by atoms with Crippen LogP contribution in [0.3, 0.4) is 0 Å². The van der Waals surface area contributed by atoms with E-state index >= 15 is 0 Å². The molecule has 3 heteroatoms. The van der Waals surface area contributed by atoms with Gasteiger partial charge in [-0.25, -0.2) is 0 Å². The monoisotopic (exact) mass is 288 g/mol. The molecule has 0 spiro atoms. The zero-order valence-corrected chi connectivity index (χ0v) is 12.6. The van der Waals surface area contributed by atoms with Crippen LogP contribution >= 0.6 is 23.2 Å². The van der Waals surface area contributed by atoms with Crippen molar-refractivity contribution in [1.82, 2.24) is 0 Å². The maximum atomic E-state index is 6.01. The molecule has 0 saturated heterocycles. The molecular weight excluding hydrogens is 267 g/mol. The van der Waals surface area contributed by atoms with Crippen LogP contribution in [0.2, 0.25) is 10.0 Å². The van der Waals surface area contributed by atoms with Crippen molar-refractivity contribution in [2.24, 2.45) is 0 Å². The molecule has 102 valence electrons. The molecular formula is C15H22Cl2O. The average molecular weight is 289 g/mol. The average Bonchev–Trinajstić information content (AvgIpc) is 2.36. The van der Waals surface area contributed by atoms with Gasteiger partial charge in [-0.2, -0.15) is 0 Å². The smallest absolute Gasteiger partial charge is 0.139 e. The van der Waals surface area contributed by atoms with Crippen molar-refractivity contribution < 1.29 is 4.74 Å². The number of hydrogen-bond acceptors (Lipinski definition) is 1. The molecule has 18 heavy (non-hydrogen) atoms. The first-order valence-corrected chi connectivity index (χ1v) is 7.57. The van der Waals surface area contributed by atoms with Crippen LogP contribution in [0.4, 0.5) is 0 Å². The quantitative estimate of drug-likeness (QED) is 0.497. The lowest BCUT2D eigenvalue weighted by Gasteiger charge is -2.08. The molecule has 0 N–H and O–H groups in total. The Kier molecular flexibility index (Phi) is 8.28. The number of rotatable bonds is 9. The second-order valence-electron chi connectivity index (χ2n) is 4.54. The number of unbranched alkanes of at least 4 members (excludes halogenated alkanes) is 6. The third kappa shape index (κ3) is 6.51. The minimum Gasteiger partial charge on any atom is -0.492 e. The van der Waals surface area contributed by atoms with E-state index in [1.807, 2.05) is 0 Å². The van der Waals surface area contributed by atoms with Gasteiger partial charge >= 0.3 is 0 Å². The molecule has 0 aliphatic heterocycles. The molecule has 0 unspecified atom stereocenters. The molecule has 0 aromatic heterocycles. The summed E-state index contributed by atoms with van der Waals surface area (Å²) in [5, 5.41) is 1.29. The number of ether oxygens (including phenoxy) is 1. The van der Waals surface area contributed by atoms with Crippen molar-refractivity contribution in [3.05, 3.63) is 28.2 Å². The summed E-state index contributed by atoms with van der Waals surface area (Å²) in [7, 11) is 0. The van der Waals surface area contributed by atoms with Gasteiger partial charge in [-0.05, 0) is 18.6 Å². The van der Waals surface area contributed by atoms with Gasteiger partial charge in [0.2, 0.25) is 0 Å². The number of halogens is 2. The fourth-order valence-corrected chi connectivity index (χ4v) is 2.16. The first-order valence-electron chi connectivity index (χ1n) is 6.82. The van der Waals surface area contributed by atoms with Crippen LogP contribution in [-0.4, -0.2) is 6.61 Å². The van der Waals surface area contributed by atoms with E-state index < -0.39 is 0 Å². The minimum atomic E-state index is 0.627. The lowest BCUT2D eigenvalue weighted by molar-refractivity contribution is 0.304. The fourth-order valence-electron chi connectivity index (χ4n) is 1.83. The second kappa shape index (κ2) is 9.52. The highest BCUT2D eigenvalue weighted by atomic mass is 35.5. The van der Waals surface area contributed by atoms with Gasteiger partial charge in [0, 0.05) is 11.1 Å². The SMILES string of the molecule is CCCCCCCCCOc1cc(Cl)ccc1Cl. The van der Waals surface area contributed by atoms with Gasteiger partial charge in [0.05, 0.1) is 11.6 Å². The van der Waals surface area contributed by atoms with Gasteiger partial charge in [0.25, 0.3) is 0 Å². The van der Waals surface area contributed by atoms with Gasteiger partial charge in [0.15, 0.2) is 0 Å². The standard InChI is InChI=1S/C15H22Cl2O/c1-2-3-4-5-6-7-8-11-18-15-12-13(16)9-10-14(15)17/h9-10,12H,2-8,11H2,1H3. The maximum Gasteiger partial charge on any atom is 0.139 e. The van der Waals surface area contributed by atoms with E-state index in [0.29, 0.717) is 22.4 Å². The second-order valence-corrected chi connectivity index (χ2v) is 5.39. The Morgan fingerprint density at radius 3 is 2.33 bits per heavy atom. The summed E-state index contributed by atoms with van der Waals surface area (Å²) in [6.45, 7) is 2.95. The number of benzene rings is 1. The molecule has 1 nitrogen and oxygen atoms in total. The van der Waals surface area contributed by atoms with Crippen LogP contribution < -0.4 is 4.74 Å². The lowest BCUT2D eigenvalue weighted by atomic mass is 10.1. The van der Waals surface area contributed by atoms with Crippen molar-refractivity contribution in [2.75, 3.05) is 6.61 Å². The summed E-state index contributed by atoms with van der Waals surface area (Å²) < 4.78 is 5.63. The first kappa shape index (κ1) is 15.7. The maximum absolute atomic E-state index is 6.01. The highest BCUT2D eigenvalue weighted by molar-refractivity contribution is 6.34.